The molecule has 0 aromatic carbocycles. The molecule has 1 aromatic rings. The van der Waals surface area contributed by atoms with E-state index in [0.29, 0.717) is 0 Å². The van der Waals surface area contributed by atoms with Crippen molar-refractivity contribution in [2.24, 2.45) is 0 Å². The lowest BCUT2D eigenvalue weighted by Gasteiger charge is -2.15. The molecule has 0 spiro atoms. The van der Waals surface area contributed by atoms with Crippen molar-refractivity contribution in [3.63, 3.8) is 0 Å². The number of hydrogen-bond acceptors (Lipinski definition) is 3. The zero-order valence-corrected chi connectivity index (χ0v) is 7.33. The van der Waals surface area contributed by atoms with E-state index in [1.807, 2.05) is 0 Å². The molecule has 0 bridgehead atoms. The van der Waals surface area contributed by atoms with E-state index >= 15 is 0 Å². The Morgan fingerprint density at radius 2 is 2.00 bits per heavy atom. The number of halogens is 4. The van der Waals surface area contributed by atoms with Gasteiger partial charge < -0.3 is 9.84 Å². The van der Waals surface area contributed by atoms with Crippen LogP contribution in [0, 0.1) is 0 Å². The maximum absolute atomic E-state index is 12.4. The first-order valence-electron chi connectivity index (χ1n) is 3.85. The molecule has 0 aliphatic rings. The van der Waals surface area contributed by atoms with Gasteiger partial charge in [0.25, 0.3) is 0 Å². The van der Waals surface area contributed by atoms with Crippen LogP contribution < -0.4 is 4.74 Å². The summed E-state index contributed by atoms with van der Waals surface area (Å²) >= 11 is 0. The van der Waals surface area contributed by atoms with Gasteiger partial charge in [0.2, 0.25) is 5.88 Å². The van der Waals surface area contributed by atoms with E-state index in [1.165, 1.54) is 0 Å². The summed E-state index contributed by atoms with van der Waals surface area (Å²) in [7, 11) is 0. The van der Waals surface area contributed by atoms with Crippen LogP contribution in [-0.4, -0.2) is 29.0 Å². The molecule has 1 heterocycles. The summed E-state index contributed by atoms with van der Waals surface area (Å²) in [5, 5.41) is 8.79. The molecule has 1 rings (SSSR count). The van der Waals surface area contributed by atoms with Gasteiger partial charge in [0.15, 0.2) is 6.61 Å². The smallest absolute Gasteiger partial charge is 0.340 e. The zero-order valence-electron chi connectivity index (χ0n) is 7.33. The summed E-state index contributed by atoms with van der Waals surface area (Å²) in [5.74, 6) is -4.64. The number of hydrogen-bond donors (Lipinski definition) is 1. The molecule has 7 heteroatoms. The van der Waals surface area contributed by atoms with Crippen molar-refractivity contribution in [2.75, 3.05) is 6.61 Å². The third kappa shape index (κ3) is 3.92. The van der Waals surface area contributed by atoms with Gasteiger partial charge in [-0.1, -0.05) is 7.43 Å². The van der Waals surface area contributed by atoms with Crippen molar-refractivity contribution in [2.45, 2.75) is 19.8 Å². The number of alkyl halides is 4. The summed E-state index contributed by atoms with van der Waals surface area (Å²) in [6, 6.07) is 2.24. The van der Waals surface area contributed by atoms with Crippen LogP contribution in [-0.2, 0) is 0 Å². The predicted molar refractivity (Wildman–Crippen MR) is 49.1 cm³/mol. The van der Waals surface area contributed by atoms with E-state index in [2.05, 4.69) is 9.72 Å². The molecule has 0 aliphatic carbocycles. The van der Waals surface area contributed by atoms with Crippen LogP contribution in [0.4, 0.5) is 17.6 Å². The number of aromatic hydroxyl groups is 1. The fourth-order valence-corrected chi connectivity index (χ4v) is 0.691. The van der Waals surface area contributed by atoms with Gasteiger partial charge in [0, 0.05) is 6.07 Å². The number of nitrogens with zero attached hydrogens (tertiary/aromatic N) is 1. The van der Waals surface area contributed by atoms with Gasteiger partial charge in [-0.25, -0.2) is 13.8 Å². The molecule has 0 aliphatic heterocycles. The first kappa shape index (κ1) is 14.5. The van der Waals surface area contributed by atoms with Crippen LogP contribution >= 0.6 is 0 Å². The van der Waals surface area contributed by atoms with Crippen molar-refractivity contribution < 1.29 is 27.4 Å². The molecule has 0 amide bonds. The van der Waals surface area contributed by atoms with E-state index in [9.17, 15) is 17.6 Å². The van der Waals surface area contributed by atoms with Crippen molar-refractivity contribution in [1.82, 2.24) is 4.98 Å². The van der Waals surface area contributed by atoms with Crippen molar-refractivity contribution in [3.05, 3.63) is 18.3 Å². The summed E-state index contributed by atoms with van der Waals surface area (Å²) in [6.45, 7) is -1.46. The molecular weight excluding hydrogens is 230 g/mol. The molecule has 1 aromatic heterocycles. The van der Waals surface area contributed by atoms with Crippen molar-refractivity contribution in [1.29, 1.82) is 0 Å². The first-order valence-corrected chi connectivity index (χ1v) is 3.85. The Morgan fingerprint density at radius 3 is 2.44 bits per heavy atom. The van der Waals surface area contributed by atoms with Gasteiger partial charge in [-0.05, 0) is 6.07 Å². The third-order valence-electron chi connectivity index (χ3n) is 1.45. The SMILES string of the molecule is C.Oc1ccc(OCC(F)(F)C(F)F)nc1. The second kappa shape index (κ2) is 5.53. The van der Waals surface area contributed by atoms with Gasteiger partial charge in [0.1, 0.15) is 5.75 Å². The third-order valence-corrected chi connectivity index (χ3v) is 1.45. The Morgan fingerprint density at radius 1 is 1.38 bits per heavy atom. The quantitative estimate of drug-likeness (QED) is 0.824. The van der Waals surface area contributed by atoms with Crippen LogP contribution in [0.5, 0.6) is 11.6 Å². The minimum absolute atomic E-state index is 0. The monoisotopic (exact) mass is 241 g/mol. The molecule has 0 atom stereocenters. The highest BCUT2D eigenvalue weighted by Crippen LogP contribution is 2.23. The fourth-order valence-electron chi connectivity index (χ4n) is 0.691. The molecule has 1 N–H and O–H groups in total. The van der Waals surface area contributed by atoms with Gasteiger partial charge in [0.05, 0.1) is 6.20 Å². The normalized spacial score (nSPS) is 11.1. The van der Waals surface area contributed by atoms with E-state index in [4.69, 9.17) is 5.11 Å². The summed E-state index contributed by atoms with van der Waals surface area (Å²) in [4.78, 5) is 3.39. The number of pyridine rings is 1. The molecule has 0 saturated carbocycles. The molecule has 0 unspecified atom stereocenters. The highest BCUT2D eigenvalue weighted by Gasteiger charge is 2.41. The van der Waals surface area contributed by atoms with Gasteiger partial charge in [-0.15, -0.1) is 0 Å². The summed E-state index contributed by atoms with van der Waals surface area (Å²) < 4.78 is 52.4. The Hall–Kier alpha value is -1.53. The maximum Gasteiger partial charge on any atom is 0.340 e. The molecule has 0 radical (unpaired) electrons. The second-order valence-corrected chi connectivity index (χ2v) is 2.71. The van der Waals surface area contributed by atoms with E-state index < -0.39 is 19.0 Å². The first-order chi connectivity index (χ1) is 6.92. The van der Waals surface area contributed by atoms with Gasteiger partial charge in [-0.3, -0.25) is 0 Å². The topological polar surface area (TPSA) is 42.4 Å². The average molecular weight is 241 g/mol. The molecule has 16 heavy (non-hydrogen) atoms. The number of ether oxygens (including phenoxy) is 1. The molecule has 92 valence electrons. The van der Waals surface area contributed by atoms with Crippen LogP contribution in [0.3, 0.4) is 0 Å². The largest absolute Gasteiger partial charge is 0.506 e. The Bertz CT molecular complexity index is 316. The highest BCUT2D eigenvalue weighted by atomic mass is 19.3. The molecule has 3 nitrogen and oxygen atoms in total. The Labute approximate surface area is 89.7 Å². The average Bonchev–Trinajstić information content (AvgIpc) is 2.17. The molecule has 0 saturated heterocycles. The van der Waals surface area contributed by atoms with E-state index in [0.717, 1.165) is 18.3 Å². The summed E-state index contributed by atoms with van der Waals surface area (Å²) in [5.41, 5.74) is 0. The zero-order chi connectivity index (χ0) is 11.5. The van der Waals surface area contributed by atoms with Crippen LogP contribution in [0.25, 0.3) is 0 Å². The standard InChI is InChI=1S/C8H7F4NO2.CH4/c9-7(10)8(11,12)4-15-6-2-1-5(14)3-13-6;/h1-3,7,14H,4H2;1H4. The minimum atomic E-state index is -4.21. The van der Waals surface area contributed by atoms with Crippen molar-refractivity contribution >= 4 is 0 Å². The van der Waals surface area contributed by atoms with Crippen LogP contribution in [0.2, 0.25) is 0 Å². The van der Waals surface area contributed by atoms with Crippen LogP contribution in [0.1, 0.15) is 7.43 Å². The van der Waals surface area contributed by atoms with Gasteiger partial charge >= 0.3 is 12.3 Å². The van der Waals surface area contributed by atoms with Gasteiger partial charge in [-0.2, -0.15) is 8.78 Å². The van der Waals surface area contributed by atoms with E-state index in [-0.39, 0.29) is 19.1 Å². The van der Waals surface area contributed by atoms with Crippen molar-refractivity contribution in [3.8, 4) is 11.6 Å². The Kier molecular flexibility index (Phi) is 5.00. The lowest BCUT2D eigenvalue weighted by atomic mass is 10.4. The lowest BCUT2D eigenvalue weighted by molar-refractivity contribution is -0.148. The number of aromatic nitrogens is 1. The molecule has 0 fully saturated rings. The second-order valence-electron chi connectivity index (χ2n) is 2.71. The summed E-state index contributed by atoms with van der Waals surface area (Å²) in [6.07, 6.45) is -2.83. The molecular formula is C9H11F4NO2. The predicted octanol–water partition coefficient (Wildman–Crippen LogP) is 2.70. The highest BCUT2D eigenvalue weighted by molar-refractivity contribution is 5.21. The lowest BCUT2D eigenvalue weighted by Crippen LogP contribution is -2.33. The number of rotatable bonds is 4. The van der Waals surface area contributed by atoms with E-state index in [1.54, 1.807) is 0 Å². The minimum Gasteiger partial charge on any atom is -0.506 e. The maximum atomic E-state index is 12.4. The Balaban J connectivity index is 0.00000225. The van der Waals surface area contributed by atoms with Crippen LogP contribution in [0.15, 0.2) is 18.3 Å². The fraction of sp³-hybridized carbons (Fsp3) is 0.444.